The fraction of sp³-hybridized carbons (Fsp3) is 0. The summed E-state index contributed by atoms with van der Waals surface area (Å²) in [5.74, 6) is 0. The van der Waals surface area contributed by atoms with Gasteiger partial charge in [0.1, 0.15) is 0 Å². The molecule has 23 aromatic carbocycles. The van der Waals surface area contributed by atoms with Crippen molar-refractivity contribution in [2.24, 2.45) is 0 Å². The van der Waals surface area contributed by atoms with Crippen LogP contribution < -0.4 is 14.7 Å². The molecular formula is C134H94N6. The maximum absolute atomic E-state index is 2.37. The maximum atomic E-state index is 2.37. The fourth-order valence-electron chi connectivity index (χ4n) is 20.5. The molecule has 0 spiro atoms. The van der Waals surface area contributed by atoms with Gasteiger partial charge in [0.2, 0.25) is 0 Å². The third-order valence-electron chi connectivity index (χ3n) is 27.1. The highest BCUT2D eigenvalue weighted by Crippen LogP contribution is 2.48. The van der Waals surface area contributed by atoms with E-state index >= 15 is 0 Å². The molecule has 3 aromatic heterocycles. The highest BCUT2D eigenvalue weighted by atomic mass is 15.2. The van der Waals surface area contributed by atoms with E-state index in [1.165, 1.54) is 171 Å². The minimum absolute atomic E-state index is 1.12. The van der Waals surface area contributed by atoms with Crippen molar-refractivity contribution < 1.29 is 0 Å². The van der Waals surface area contributed by atoms with E-state index in [-0.39, 0.29) is 0 Å². The third-order valence-corrected chi connectivity index (χ3v) is 27.1. The zero-order valence-electron chi connectivity index (χ0n) is 77.0. The van der Waals surface area contributed by atoms with Gasteiger partial charge >= 0.3 is 0 Å². The molecule has 0 fully saturated rings. The van der Waals surface area contributed by atoms with Crippen molar-refractivity contribution in [2.75, 3.05) is 14.7 Å². The Kier molecular flexibility index (Phi) is 22.7. The molecule has 140 heavy (non-hydrogen) atoms. The second kappa shape index (κ2) is 37.7. The second-order valence-electron chi connectivity index (χ2n) is 35.5. The molecule has 0 bridgehead atoms. The van der Waals surface area contributed by atoms with Crippen LogP contribution in [0, 0.1) is 0 Å². The topological polar surface area (TPSA) is 24.5 Å². The molecular weight excluding hydrogens is 1690 g/mol. The second-order valence-corrected chi connectivity index (χ2v) is 35.5. The van der Waals surface area contributed by atoms with E-state index in [0.29, 0.717) is 0 Å². The van der Waals surface area contributed by atoms with Crippen LogP contribution in [0.25, 0.3) is 171 Å². The molecule has 0 N–H and O–H groups in total. The van der Waals surface area contributed by atoms with Crippen molar-refractivity contribution in [3.63, 3.8) is 0 Å². The Balaban J connectivity index is 0.000000114. The number of aromatic nitrogens is 3. The molecule has 0 aliphatic heterocycles. The molecule has 6 nitrogen and oxygen atoms in total. The van der Waals surface area contributed by atoms with Gasteiger partial charge in [0.15, 0.2) is 0 Å². The van der Waals surface area contributed by atoms with Gasteiger partial charge in [0.25, 0.3) is 0 Å². The van der Waals surface area contributed by atoms with Gasteiger partial charge in [0.05, 0.1) is 44.5 Å². The quantitative estimate of drug-likeness (QED) is 0.0856. The predicted molar refractivity (Wildman–Crippen MR) is 594 cm³/mol. The molecule has 660 valence electrons. The summed E-state index contributed by atoms with van der Waals surface area (Å²) < 4.78 is 7.10. The summed E-state index contributed by atoms with van der Waals surface area (Å²) in [5.41, 5.74) is 35.4. The number of benzene rings is 23. The number of anilines is 9. The average Bonchev–Trinajstić information content (AvgIpc) is 1.53. The normalized spacial score (nSPS) is 11.3. The van der Waals surface area contributed by atoms with Crippen LogP contribution in [-0.2, 0) is 0 Å². The number of hydrogen-bond acceptors (Lipinski definition) is 3. The molecule has 0 unspecified atom stereocenters. The Morgan fingerprint density at radius 3 is 0.821 bits per heavy atom. The van der Waals surface area contributed by atoms with Gasteiger partial charge in [-0.1, -0.05) is 376 Å². The molecule has 3 heterocycles. The van der Waals surface area contributed by atoms with Crippen LogP contribution in [0.4, 0.5) is 51.2 Å². The smallest absolute Gasteiger partial charge is 0.0541 e. The summed E-state index contributed by atoms with van der Waals surface area (Å²) in [6.45, 7) is 0. The molecule has 0 aliphatic rings. The van der Waals surface area contributed by atoms with Gasteiger partial charge in [-0.05, 0) is 271 Å². The molecule has 6 heteroatoms. The van der Waals surface area contributed by atoms with Gasteiger partial charge in [-0.15, -0.1) is 0 Å². The van der Waals surface area contributed by atoms with Gasteiger partial charge < -0.3 is 28.4 Å². The molecule has 26 rings (SSSR count). The number of hydrogen-bond donors (Lipinski definition) is 0. The maximum Gasteiger partial charge on any atom is 0.0541 e. The summed E-state index contributed by atoms with van der Waals surface area (Å²) in [5, 5.41) is 12.4. The lowest BCUT2D eigenvalue weighted by Crippen LogP contribution is -2.11. The first-order chi connectivity index (χ1) is 69.5. The van der Waals surface area contributed by atoms with E-state index in [1.807, 2.05) is 0 Å². The van der Waals surface area contributed by atoms with Crippen LogP contribution in [0.5, 0.6) is 0 Å². The third kappa shape index (κ3) is 16.3. The first-order valence-electron chi connectivity index (χ1n) is 47.9. The zero-order chi connectivity index (χ0) is 93.0. The minimum Gasteiger partial charge on any atom is -0.310 e. The Morgan fingerprint density at radius 2 is 0.379 bits per heavy atom. The molecule has 0 saturated heterocycles. The standard InChI is InChI=1S/2C46H32N2.C42H30N2/c1-4-14-33(15-5-1)34-26-29-38(30-27-34)47(36-16-6-2-7-17-36)44-25-13-22-40-39(21-12-23-41(40)44)35-28-31-46-43(32-35)42-20-10-11-24-45(42)48(46)37-18-8-3-9-19-37;1-4-12-33(13-5-1)34-22-26-41(27-23-34)47(39-14-6-2-7-15-39)42-28-24-36-30-35(20-21-37(36)31-42)38-25-29-46-44(32-38)43-18-10-11-19-45(43)48(46)40-16-8-3-9-17-40;1-4-14-31(15-5-1)32-24-27-36(28-25-32)43(34-16-6-2-7-17-34)40-22-12-10-20-37(40)33-26-29-42-39(30-33)38-21-11-13-23-41(38)44(42)35-18-8-3-9-19-35/h2*1-32H;1-30H. The highest BCUT2D eigenvalue weighted by Gasteiger charge is 2.24. The summed E-state index contributed by atoms with van der Waals surface area (Å²) in [6.07, 6.45) is 0. The molecule has 0 atom stereocenters. The van der Waals surface area contributed by atoms with E-state index in [4.69, 9.17) is 0 Å². The molecule has 26 aromatic rings. The largest absolute Gasteiger partial charge is 0.310 e. The van der Waals surface area contributed by atoms with E-state index in [1.54, 1.807) is 0 Å². The number of nitrogens with zero attached hydrogens (tertiary/aromatic N) is 6. The van der Waals surface area contributed by atoms with Crippen molar-refractivity contribution in [1.82, 2.24) is 13.7 Å². The predicted octanol–water partition coefficient (Wildman–Crippen LogP) is 37.1. The fourth-order valence-corrected chi connectivity index (χ4v) is 20.5. The van der Waals surface area contributed by atoms with Gasteiger partial charge in [0, 0.05) is 100 Å². The number of fused-ring (bicyclic) bond motifs is 11. The molecule has 0 saturated carbocycles. The molecule has 0 amide bonds. The summed E-state index contributed by atoms with van der Waals surface area (Å²) in [4.78, 5) is 7.07. The average molecular weight is 1790 g/mol. The summed E-state index contributed by atoms with van der Waals surface area (Å²) >= 11 is 0. The molecule has 0 radical (unpaired) electrons. The van der Waals surface area contributed by atoms with Crippen molar-refractivity contribution in [2.45, 2.75) is 0 Å². The van der Waals surface area contributed by atoms with Crippen molar-refractivity contribution in [1.29, 1.82) is 0 Å². The molecule has 0 aliphatic carbocycles. The highest BCUT2D eigenvalue weighted by molar-refractivity contribution is 6.15. The van der Waals surface area contributed by atoms with Crippen molar-refractivity contribution in [3.05, 3.63) is 570 Å². The van der Waals surface area contributed by atoms with E-state index < -0.39 is 0 Å². The first-order valence-corrected chi connectivity index (χ1v) is 47.9. The van der Waals surface area contributed by atoms with Crippen LogP contribution in [-0.4, -0.2) is 13.7 Å². The summed E-state index contributed by atoms with van der Waals surface area (Å²) in [7, 11) is 0. The minimum atomic E-state index is 1.12. The lowest BCUT2D eigenvalue weighted by atomic mass is 9.95. The van der Waals surface area contributed by atoms with Gasteiger partial charge in [-0.2, -0.15) is 0 Å². The first kappa shape index (κ1) is 84.4. The van der Waals surface area contributed by atoms with Crippen molar-refractivity contribution >= 4 is 138 Å². The van der Waals surface area contributed by atoms with Crippen molar-refractivity contribution in [3.8, 4) is 83.8 Å². The Morgan fingerprint density at radius 1 is 0.121 bits per heavy atom. The van der Waals surface area contributed by atoms with Crippen LogP contribution in [0.15, 0.2) is 570 Å². The van der Waals surface area contributed by atoms with Gasteiger partial charge in [-0.25, -0.2) is 0 Å². The van der Waals surface area contributed by atoms with Crippen LogP contribution in [0.2, 0.25) is 0 Å². The monoisotopic (exact) mass is 1790 g/mol. The van der Waals surface area contributed by atoms with Gasteiger partial charge in [-0.3, -0.25) is 0 Å². The van der Waals surface area contributed by atoms with E-state index in [9.17, 15) is 0 Å². The lowest BCUT2D eigenvalue weighted by molar-refractivity contribution is 1.18. The van der Waals surface area contributed by atoms with E-state index in [2.05, 4.69) is 599 Å². The van der Waals surface area contributed by atoms with Crippen LogP contribution >= 0.6 is 0 Å². The number of rotatable bonds is 18. The zero-order valence-corrected chi connectivity index (χ0v) is 77.0. The van der Waals surface area contributed by atoms with Crippen LogP contribution in [0.3, 0.4) is 0 Å². The lowest BCUT2D eigenvalue weighted by Gasteiger charge is -2.28. The Hall–Kier alpha value is -18.6. The SMILES string of the molecule is c1ccc(-c2ccc(N(c3ccccc3)c3ccc4cc(-c5ccc6c(c5)c5ccccc5n6-c5ccccc5)ccc4c3)cc2)cc1.c1ccc(-c2ccc(N(c3ccccc3)c3cccc4c(-c5ccc6c(c5)c5ccccc5n6-c5ccccc5)cccc34)cc2)cc1.c1ccc(-c2ccc(N(c3ccccc3)c3ccccc3-c3ccc4c(c3)c3ccccc3n4-c3ccccc3)cc2)cc1. The Labute approximate surface area is 814 Å². The Bertz CT molecular complexity index is 8920. The van der Waals surface area contributed by atoms with E-state index in [0.717, 1.165) is 51.2 Å². The summed E-state index contributed by atoms with van der Waals surface area (Å²) in [6, 6.07) is 205. The van der Waals surface area contributed by atoms with Crippen LogP contribution in [0.1, 0.15) is 0 Å². The number of para-hydroxylation sites is 10.